The topological polar surface area (TPSA) is 80.3 Å². The maximum absolute atomic E-state index is 12.2. The van der Waals surface area contributed by atoms with E-state index in [0.717, 1.165) is 5.56 Å². The van der Waals surface area contributed by atoms with Crippen LogP contribution in [-0.2, 0) is 4.74 Å². The zero-order chi connectivity index (χ0) is 18.9. The van der Waals surface area contributed by atoms with Gasteiger partial charge in [0.1, 0.15) is 6.61 Å². The highest BCUT2D eigenvalue weighted by Gasteiger charge is 2.24. The van der Waals surface area contributed by atoms with Gasteiger partial charge in [0, 0.05) is 26.2 Å². The van der Waals surface area contributed by atoms with Gasteiger partial charge in [0.25, 0.3) is 0 Å². The molecular formula is C18H27N3O5. The summed E-state index contributed by atoms with van der Waals surface area (Å²) >= 11 is 0. The van der Waals surface area contributed by atoms with Crippen molar-refractivity contribution in [1.29, 1.82) is 0 Å². The molecule has 8 heteroatoms. The van der Waals surface area contributed by atoms with E-state index in [0.29, 0.717) is 57.4 Å². The summed E-state index contributed by atoms with van der Waals surface area (Å²) in [4.78, 5) is 27.1. The normalized spacial score (nSPS) is 14.0. The van der Waals surface area contributed by atoms with Crippen LogP contribution in [0.4, 0.5) is 9.59 Å². The summed E-state index contributed by atoms with van der Waals surface area (Å²) in [5.74, 6) is 1.32. The third-order valence-electron chi connectivity index (χ3n) is 4.05. The van der Waals surface area contributed by atoms with Crippen LogP contribution in [0.2, 0.25) is 0 Å². The lowest BCUT2D eigenvalue weighted by molar-refractivity contribution is 0.0851. The number of urea groups is 1. The summed E-state index contributed by atoms with van der Waals surface area (Å²) < 4.78 is 15.9. The summed E-state index contributed by atoms with van der Waals surface area (Å²) in [6, 6.07) is 5.54. The van der Waals surface area contributed by atoms with E-state index < -0.39 is 0 Å². The molecule has 144 valence electrons. The van der Waals surface area contributed by atoms with Crippen molar-refractivity contribution in [1.82, 2.24) is 15.1 Å². The van der Waals surface area contributed by atoms with Crippen LogP contribution in [0.1, 0.15) is 12.5 Å². The first kappa shape index (κ1) is 19.7. The summed E-state index contributed by atoms with van der Waals surface area (Å²) in [7, 11) is 1.60. The summed E-state index contributed by atoms with van der Waals surface area (Å²) in [6.07, 6.45) is -0.326. The van der Waals surface area contributed by atoms with Gasteiger partial charge in [-0.3, -0.25) is 0 Å². The lowest BCUT2D eigenvalue weighted by Crippen LogP contribution is -2.53. The van der Waals surface area contributed by atoms with E-state index in [1.807, 2.05) is 25.1 Å². The molecule has 0 spiro atoms. The van der Waals surface area contributed by atoms with Crippen molar-refractivity contribution < 1.29 is 23.8 Å². The van der Waals surface area contributed by atoms with Gasteiger partial charge < -0.3 is 29.3 Å². The zero-order valence-corrected chi connectivity index (χ0v) is 15.6. The second-order valence-electron chi connectivity index (χ2n) is 5.91. The number of aryl methyl sites for hydroxylation is 1. The van der Waals surface area contributed by atoms with E-state index in [1.165, 1.54) is 0 Å². The number of rotatable bonds is 6. The van der Waals surface area contributed by atoms with Crippen LogP contribution in [0, 0.1) is 6.92 Å². The molecule has 0 aliphatic carbocycles. The molecule has 26 heavy (non-hydrogen) atoms. The molecule has 1 heterocycles. The fraction of sp³-hybridized carbons (Fsp3) is 0.556. The van der Waals surface area contributed by atoms with Gasteiger partial charge in [-0.1, -0.05) is 6.07 Å². The Morgan fingerprint density at radius 2 is 1.81 bits per heavy atom. The zero-order valence-electron chi connectivity index (χ0n) is 15.6. The number of hydrogen-bond acceptors (Lipinski definition) is 5. The maximum atomic E-state index is 12.2. The Bertz CT molecular complexity index is 615. The highest BCUT2D eigenvalue weighted by Crippen LogP contribution is 2.27. The second-order valence-corrected chi connectivity index (χ2v) is 5.91. The molecule has 1 fully saturated rings. The molecule has 0 saturated carbocycles. The monoisotopic (exact) mass is 365 g/mol. The van der Waals surface area contributed by atoms with Gasteiger partial charge in [-0.05, 0) is 31.5 Å². The number of ether oxygens (including phenoxy) is 3. The van der Waals surface area contributed by atoms with Crippen LogP contribution in [0.5, 0.6) is 11.5 Å². The van der Waals surface area contributed by atoms with Crippen LogP contribution >= 0.6 is 0 Å². The molecule has 1 saturated heterocycles. The van der Waals surface area contributed by atoms with Crippen LogP contribution in [-0.4, -0.2) is 75.0 Å². The molecule has 3 amide bonds. The number of piperazine rings is 1. The average Bonchev–Trinajstić information content (AvgIpc) is 2.66. The molecule has 1 aromatic carbocycles. The molecule has 2 rings (SSSR count). The first-order valence-corrected chi connectivity index (χ1v) is 8.77. The van der Waals surface area contributed by atoms with Crippen molar-refractivity contribution in [2.24, 2.45) is 0 Å². The third-order valence-corrected chi connectivity index (χ3v) is 4.05. The maximum Gasteiger partial charge on any atom is 0.409 e. The fourth-order valence-corrected chi connectivity index (χ4v) is 2.63. The van der Waals surface area contributed by atoms with Crippen LogP contribution in [0.15, 0.2) is 18.2 Å². The molecule has 1 N–H and O–H groups in total. The Hall–Kier alpha value is -2.64. The first-order valence-electron chi connectivity index (χ1n) is 8.77. The Morgan fingerprint density at radius 1 is 1.12 bits per heavy atom. The number of carbonyl (C=O) groups is 2. The number of methoxy groups -OCH3 is 1. The largest absolute Gasteiger partial charge is 0.493 e. The fourth-order valence-electron chi connectivity index (χ4n) is 2.63. The Balaban J connectivity index is 1.69. The summed E-state index contributed by atoms with van der Waals surface area (Å²) in [5.41, 5.74) is 1.09. The van der Waals surface area contributed by atoms with Gasteiger partial charge in [0.05, 0.1) is 20.3 Å². The van der Waals surface area contributed by atoms with Crippen LogP contribution < -0.4 is 14.8 Å². The van der Waals surface area contributed by atoms with Crippen molar-refractivity contribution >= 4 is 12.1 Å². The second kappa shape index (κ2) is 9.74. The molecule has 1 aromatic rings. The van der Waals surface area contributed by atoms with E-state index in [-0.39, 0.29) is 12.1 Å². The number of hydrogen-bond donors (Lipinski definition) is 1. The van der Waals surface area contributed by atoms with Crippen molar-refractivity contribution in [2.45, 2.75) is 13.8 Å². The first-order chi connectivity index (χ1) is 12.5. The number of carbonyl (C=O) groups excluding carboxylic acids is 2. The number of amides is 3. The van der Waals surface area contributed by atoms with Gasteiger partial charge >= 0.3 is 12.1 Å². The smallest absolute Gasteiger partial charge is 0.409 e. The van der Waals surface area contributed by atoms with E-state index in [1.54, 1.807) is 23.8 Å². The predicted molar refractivity (Wildman–Crippen MR) is 96.8 cm³/mol. The van der Waals surface area contributed by atoms with Gasteiger partial charge in [0.2, 0.25) is 0 Å². The molecule has 0 atom stereocenters. The van der Waals surface area contributed by atoms with Gasteiger partial charge in [-0.25, -0.2) is 9.59 Å². The molecule has 0 radical (unpaired) electrons. The number of benzene rings is 1. The van der Waals surface area contributed by atoms with Crippen molar-refractivity contribution in [3.05, 3.63) is 23.8 Å². The van der Waals surface area contributed by atoms with E-state index in [2.05, 4.69) is 5.32 Å². The minimum atomic E-state index is -0.326. The molecule has 1 aliphatic heterocycles. The Morgan fingerprint density at radius 3 is 2.46 bits per heavy atom. The SMILES string of the molecule is CCOC(=O)N1CCN(C(=O)NCCOc2ccc(C)cc2OC)CC1. The number of nitrogens with one attached hydrogen (secondary N) is 1. The highest BCUT2D eigenvalue weighted by atomic mass is 16.6. The third kappa shape index (κ3) is 5.44. The van der Waals surface area contributed by atoms with Gasteiger partial charge in [-0.2, -0.15) is 0 Å². The van der Waals surface area contributed by atoms with Crippen molar-refractivity contribution in [2.75, 3.05) is 53.0 Å². The minimum absolute atomic E-state index is 0.159. The molecule has 1 aliphatic rings. The van der Waals surface area contributed by atoms with E-state index in [4.69, 9.17) is 14.2 Å². The van der Waals surface area contributed by atoms with Crippen molar-refractivity contribution in [3.63, 3.8) is 0 Å². The van der Waals surface area contributed by atoms with Gasteiger partial charge in [-0.15, -0.1) is 0 Å². The lowest BCUT2D eigenvalue weighted by atomic mass is 10.2. The molecular weight excluding hydrogens is 338 g/mol. The van der Waals surface area contributed by atoms with Gasteiger partial charge in [0.15, 0.2) is 11.5 Å². The highest BCUT2D eigenvalue weighted by molar-refractivity contribution is 5.75. The number of nitrogens with zero attached hydrogens (tertiary/aromatic N) is 2. The standard InChI is InChI=1S/C18H27N3O5/c1-4-25-18(23)21-10-8-20(9-11-21)17(22)19-7-12-26-15-6-5-14(2)13-16(15)24-3/h5-6,13H,4,7-12H2,1-3H3,(H,19,22). The molecule has 0 unspecified atom stereocenters. The van der Waals surface area contributed by atoms with E-state index in [9.17, 15) is 9.59 Å². The average molecular weight is 365 g/mol. The molecule has 8 nitrogen and oxygen atoms in total. The van der Waals surface area contributed by atoms with E-state index >= 15 is 0 Å². The Labute approximate surface area is 154 Å². The predicted octanol–water partition coefficient (Wildman–Crippen LogP) is 1.87. The Kier molecular flexibility index (Phi) is 7.37. The van der Waals surface area contributed by atoms with Crippen LogP contribution in [0.3, 0.4) is 0 Å². The molecule has 0 aromatic heterocycles. The lowest BCUT2D eigenvalue weighted by Gasteiger charge is -2.33. The van der Waals surface area contributed by atoms with Crippen molar-refractivity contribution in [3.8, 4) is 11.5 Å². The summed E-state index contributed by atoms with van der Waals surface area (Å²) in [5, 5.41) is 2.83. The quantitative estimate of drug-likeness (QED) is 0.779. The summed E-state index contributed by atoms with van der Waals surface area (Å²) in [6.45, 7) is 6.75. The molecule has 0 bridgehead atoms. The van der Waals surface area contributed by atoms with Crippen LogP contribution in [0.25, 0.3) is 0 Å². The minimum Gasteiger partial charge on any atom is -0.493 e.